The molecular formula is C16H19FN2O. The van der Waals surface area contributed by atoms with Crippen LogP contribution in [-0.4, -0.2) is 11.0 Å². The van der Waals surface area contributed by atoms with Crippen molar-refractivity contribution in [2.24, 2.45) is 5.73 Å². The van der Waals surface area contributed by atoms with Crippen LogP contribution in [0.1, 0.15) is 30.6 Å². The van der Waals surface area contributed by atoms with Gasteiger partial charge in [0.15, 0.2) is 0 Å². The lowest BCUT2D eigenvalue weighted by molar-refractivity contribution is 0.170. The zero-order valence-electron chi connectivity index (χ0n) is 11.7. The van der Waals surface area contributed by atoms with Gasteiger partial charge in [-0.2, -0.15) is 0 Å². The molecule has 106 valence electrons. The van der Waals surface area contributed by atoms with Crippen molar-refractivity contribution in [3.05, 3.63) is 59.7 Å². The maximum atomic E-state index is 13.3. The number of nitrogens with two attached hydrogens (primary N) is 1. The summed E-state index contributed by atoms with van der Waals surface area (Å²) in [6.45, 7) is 3.72. The van der Waals surface area contributed by atoms with E-state index in [0.29, 0.717) is 11.3 Å². The highest BCUT2D eigenvalue weighted by Crippen LogP contribution is 2.26. The van der Waals surface area contributed by atoms with E-state index in [0.717, 1.165) is 12.0 Å². The molecule has 20 heavy (non-hydrogen) atoms. The molecule has 4 heteroatoms. The Kier molecular flexibility index (Phi) is 4.69. The van der Waals surface area contributed by atoms with Gasteiger partial charge in [0.2, 0.25) is 0 Å². The van der Waals surface area contributed by atoms with Gasteiger partial charge in [0.25, 0.3) is 0 Å². The number of aryl methyl sites for hydroxylation is 1. The summed E-state index contributed by atoms with van der Waals surface area (Å²) in [6, 6.07) is 8.34. The van der Waals surface area contributed by atoms with Crippen molar-refractivity contribution < 1.29 is 9.13 Å². The molecule has 0 aliphatic heterocycles. The number of nitrogens with zero attached hydrogens (tertiary/aromatic N) is 1. The summed E-state index contributed by atoms with van der Waals surface area (Å²) in [5.41, 5.74) is 7.61. The Morgan fingerprint density at radius 1 is 1.35 bits per heavy atom. The van der Waals surface area contributed by atoms with Gasteiger partial charge in [-0.25, -0.2) is 4.39 Å². The summed E-state index contributed by atoms with van der Waals surface area (Å²) < 4.78 is 19.3. The third-order valence-corrected chi connectivity index (χ3v) is 3.27. The zero-order valence-corrected chi connectivity index (χ0v) is 11.7. The number of hydrogen-bond donors (Lipinski definition) is 1. The van der Waals surface area contributed by atoms with Crippen LogP contribution in [0, 0.1) is 12.7 Å². The summed E-state index contributed by atoms with van der Waals surface area (Å²) in [4.78, 5) is 4.10. The van der Waals surface area contributed by atoms with Crippen LogP contribution in [0.5, 0.6) is 5.75 Å². The molecule has 0 saturated heterocycles. The number of aromatic nitrogens is 1. The fraction of sp³-hybridized carbons (Fsp3) is 0.312. The molecule has 2 N–H and O–H groups in total. The van der Waals surface area contributed by atoms with Crippen LogP contribution in [0.3, 0.4) is 0 Å². The van der Waals surface area contributed by atoms with Crippen molar-refractivity contribution in [1.29, 1.82) is 0 Å². The molecule has 2 unspecified atom stereocenters. The number of halogens is 1. The van der Waals surface area contributed by atoms with E-state index in [-0.39, 0.29) is 18.0 Å². The minimum Gasteiger partial charge on any atom is -0.484 e. The van der Waals surface area contributed by atoms with Gasteiger partial charge in [-0.15, -0.1) is 0 Å². The highest BCUT2D eigenvalue weighted by atomic mass is 19.1. The summed E-state index contributed by atoms with van der Waals surface area (Å²) in [5, 5.41) is 0. The van der Waals surface area contributed by atoms with Gasteiger partial charge in [0, 0.05) is 24.0 Å². The summed E-state index contributed by atoms with van der Waals surface area (Å²) in [5.74, 6) is 0.372. The molecule has 2 aromatic rings. The van der Waals surface area contributed by atoms with E-state index in [9.17, 15) is 4.39 Å². The summed E-state index contributed by atoms with van der Waals surface area (Å²) in [6.07, 6.45) is 3.94. The van der Waals surface area contributed by atoms with Crippen LogP contribution in [0.2, 0.25) is 0 Å². The van der Waals surface area contributed by atoms with Gasteiger partial charge in [0.1, 0.15) is 17.7 Å². The minimum atomic E-state index is -0.293. The molecular weight excluding hydrogens is 255 g/mol. The molecule has 0 radical (unpaired) electrons. The van der Waals surface area contributed by atoms with E-state index in [1.54, 1.807) is 31.5 Å². The average Bonchev–Trinajstić information content (AvgIpc) is 2.48. The zero-order chi connectivity index (χ0) is 14.5. The minimum absolute atomic E-state index is 0.149. The highest BCUT2D eigenvalue weighted by Gasteiger charge is 2.21. The Hall–Kier alpha value is -1.94. The van der Waals surface area contributed by atoms with Gasteiger partial charge in [-0.05, 0) is 43.2 Å². The smallest absolute Gasteiger partial charge is 0.140 e. The molecule has 0 aliphatic rings. The number of pyridine rings is 1. The van der Waals surface area contributed by atoms with Crippen LogP contribution in [0.15, 0.2) is 42.7 Å². The molecule has 1 aromatic heterocycles. The number of rotatable bonds is 5. The van der Waals surface area contributed by atoms with Crippen LogP contribution < -0.4 is 10.5 Å². The Morgan fingerprint density at radius 2 is 2.15 bits per heavy atom. The second-order valence-electron chi connectivity index (χ2n) is 4.81. The van der Waals surface area contributed by atoms with E-state index >= 15 is 0 Å². The topological polar surface area (TPSA) is 48.1 Å². The average molecular weight is 274 g/mol. The Balaban J connectivity index is 2.26. The van der Waals surface area contributed by atoms with Crippen LogP contribution in [0.4, 0.5) is 4.39 Å². The van der Waals surface area contributed by atoms with Crippen molar-refractivity contribution in [3.8, 4) is 5.75 Å². The Labute approximate surface area is 118 Å². The van der Waals surface area contributed by atoms with Crippen LogP contribution >= 0.6 is 0 Å². The van der Waals surface area contributed by atoms with Crippen molar-refractivity contribution in [2.75, 3.05) is 0 Å². The number of hydrogen-bond acceptors (Lipinski definition) is 3. The second-order valence-corrected chi connectivity index (χ2v) is 4.81. The largest absolute Gasteiger partial charge is 0.484 e. The molecule has 2 rings (SSSR count). The molecule has 0 aliphatic carbocycles. The highest BCUT2D eigenvalue weighted by molar-refractivity contribution is 5.30. The predicted molar refractivity (Wildman–Crippen MR) is 77.0 cm³/mol. The number of ether oxygens (including phenoxy) is 1. The van der Waals surface area contributed by atoms with Gasteiger partial charge >= 0.3 is 0 Å². The van der Waals surface area contributed by atoms with Crippen molar-refractivity contribution >= 4 is 0 Å². The normalized spacial score (nSPS) is 13.8. The SMILES string of the molecule is CCC(N)C(Oc1ccc(F)c(C)c1)c1cccnc1. The maximum absolute atomic E-state index is 13.3. The summed E-state index contributed by atoms with van der Waals surface area (Å²) in [7, 11) is 0. The molecule has 0 saturated carbocycles. The molecule has 0 fully saturated rings. The third-order valence-electron chi connectivity index (χ3n) is 3.27. The van der Waals surface area contributed by atoms with Gasteiger partial charge in [0.05, 0.1) is 0 Å². The van der Waals surface area contributed by atoms with E-state index < -0.39 is 0 Å². The van der Waals surface area contributed by atoms with Crippen molar-refractivity contribution in [3.63, 3.8) is 0 Å². The second kappa shape index (κ2) is 6.48. The fourth-order valence-corrected chi connectivity index (χ4v) is 2.00. The van der Waals surface area contributed by atoms with Gasteiger partial charge < -0.3 is 10.5 Å². The van der Waals surface area contributed by atoms with E-state index in [4.69, 9.17) is 10.5 Å². The molecule has 0 bridgehead atoms. The Bertz CT molecular complexity index is 560. The number of benzene rings is 1. The molecule has 0 amide bonds. The van der Waals surface area contributed by atoms with Gasteiger partial charge in [-0.3, -0.25) is 4.98 Å². The first-order valence-corrected chi connectivity index (χ1v) is 6.70. The van der Waals surface area contributed by atoms with E-state index in [1.165, 1.54) is 6.07 Å². The van der Waals surface area contributed by atoms with E-state index in [1.807, 2.05) is 19.1 Å². The van der Waals surface area contributed by atoms with Crippen LogP contribution in [0.25, 0.3) is 0 Å². The first-order valence-electron chi connectivity index (χ1n) is 6.70. The standard InChI is InChI=1S/C16H19FN2O/c1-3-15(18)16(12-5-4-8-19-10-12)20-13-6-7-14(17)11(2)9-13/h4-10,15-16H,3,18H2,1-2H3. The van der Waals surface area contributed by atoms with Crippen molar-refractivity contribution in [2.45, 2.75) is 32.4 Å². The van der Waals surface area contributed by atoms with Crippen molar-refractivity contribution in [1.82, 2.24) is 4.98 Å². The molecule has 3 nitrogen and oxygen atoms in total. The molecule has 1 aromatic carbocycles. The van der Waals surface area contributed by atoms with Crippen LogP contribution in [-0.2, 0) is 0 Å². The lowest BCUT2D eigenvalue weighted by atomic mass is 10.0. The maximum Gasteiger partial charge on any atom is 0.140 e. The quantitative estimate of drug-likeness (QED) is 0.909. The first-order chi connectivity index (χ1) is 9.61. The predicted octanol–water partition coefficient (Wildman–Crippen LogP) is 3.39. The van der Waals surface area contributed by atoms with Gasteiger partial charge in [-0.1, -0.05) is 13.0 Å². The first kappa shape index (κ1) is 14.5. The summed E-state index contributed by atoms with van der Waals surface area (Å²) >= 11 is 0. The monoisotopic (exact) mass is 274 g/mol. The Morgan fingerprint density at radius 3 is 2.75 bits per heavy atom. The third kappa shape index (κ3) is 3.33. The lowest BCUT2D eigenvalue weighted by Crippen LogP contribution is -2.31. The van der Waals surface area contributed by atoms with E-state index in [2.05, 4.69) is 4.98 Å². The fourth-order valence-electron chi connectivity index (χ4n) is 2.00. The molecule has 0 spiro atoms. The lowest BCUT2D eigenvalue weighted by Gasteiger charge is -2.24. The molecule has 1 heterocycles. The molecule has 2 atom stereocenters.